The van der Waals surface area contributed by atoms with Crippen molar-refractivity contribution in [2.24, 2.45) is 0 Å². The van der Waals surface area contributed by atoms with Crippen molar-refractivity contribution in [1.29, 1.82) is 0 Å². The maximum absolute atomic E-state index is 5.08. The van der Waals surface area contributed by atoms with Crippen LogP contribution in [-0.2, 0) is 26.5 Å². The molecule has 1 nitrogen and oxygen atoms in total. The molecule has 0 aromatic heterocycles. The van der Waals surface area contributed by atoms with Gasteiger partial charge >= 0.3 is 21.7 Å². The van der Waals surface area contributed by atoms with Crippen LogP contribution in [-0.4, -0.2) is 13.2 Å². The van der Waals surface area contributed by atoms with Gasteiger partial charge in [0.25, 0.3) is 0 Å². The number of ether oxygens (including phenoxy) is 1. The van der Waals surface area contributed by atoms with E-state index in [1.165, 1.54) is 5.57 Å². The van der Waals surface area contributed by atoms with Crippen LogP contribution in [0, 0.1) is 6.08 Å². The number of halogens is 2. The van der Waals surface area contributed by atoms with Gasteiger partial charge < -0.3 is 29.6 Å². The summed E-state index contributed by atoms with van der Waals surface area (Å²) < 4.78 is 5.08. The third-order valence-electron chi connectivity index (χ3n) is 1.51. The minimum atomic E-state index is 0. The van der Waals surface area contributed by atoms with Crippen LogP contribution in [0.2, 0.25) is 0 Å². The molecule has 0 amide bonds. The molecule has 67 valence electrons. The molecule has 1 aliphatic carbocycles. The maximum Gasteiger partial charge on any atom is 3.00 e. The fourth-order valence-corrected chi connectivity index (χ4v) is 0.828. The van der Waals surface area contributed by atoms with E-state index in [1.54, 1.807) is 7.11 Å². The summed E-state index contributed by atoms with van der Waals surface area (Å²) in [5.41, 5.74) is 1.18. The van der Waals surface area contributed by atoms with E-state index in [0.29, 0.717) is 0 Å². The largest absolute Gasteiger partial charge is 3.00 e. The van der Waals surface area contributed by atoms with Crippen LogP contribution < -0.4 is 24.8 Å². The standard InChI is InChI=1S/C8H11O.2ClH.Ti/c1-7(9-2)8-5-3-4-6-8;;;/h3,5,7H,4H2,1-2H3;2*1H;/q-1;;;+3/p-2. The number of allylic oxidation sites excluding steroid dienone is 2. The SMILES string of the molecule is COC(C)C1=[C-]CC=C1.[Cl-].[Cl-].[Ti+3]. The van der Waals surface area contributed by atoms with E-state index in [9.17, 15) is 0 Å². The molecule has 0 aliphatic heterocycles. The smallest absolute Gasteiger partial charge is 1.00 e. The average Bonchev–Trinajstić information content (AvgIpc) is 2.37. The molecule has 4 heteroatoms. The van der Waals surface area contributed by atoms with E-state index in [1.807, 2.05) is 6.92 Å². The van der Waals surface area contributed by atoms with Gasteiger partial charge in [0.15, 0.2) is 0 Å². The fraction of sp³-hybridized carbons (Fsp3) is 0.500. The zero-order chi connectivity index (χ0) is 6.69. The third kappa shape index (κ3) is 5.39. The van der Waals surface area contributed by atoms with Crippen molar-refractivity contribution in [1.82, 2.24) is 0 Å². The van der Waals surface area contributed by atoms with Crippen molar-refractivity contribution < 1.29 is 51.3 Å². The molecule has 0 N–H and O–H groups in total. The Balaban J connectivity index is -0.000000270. The number of hydrogen-bond donors (Lipinski definition) is 0. The molecule has 0 heterocycles. The van der Waals surface area contributed by atoms with Crippen LogP contribution in [0.3, 0.4) is 0 Å². The molecule has 0 aromatic rings. The number of rotatable bonds is 2. The first kappa shape index (κ1) is 18.5. The quantitative estimate of drug-likeness (QED) is 0.352. The van der Waals surface area contributed by atoms with E-state index in [2.05, 4.69) is 18.2 Å². The van der Waals surface area contributed by atoms with Crippen molar-refractivity contribution in [2.75, 3.05) is 7.11 Å². The first-order valence-corrected chi connectivity index (χ1v) is 3.14. The van der Waals surface area contributed by atoms with Crippen LogP contribution in [0.4, 0.5) is 0 Å². The first-order valence-electron chi connectivity index (χ1n) is 3.14. The Bertz CT molecular complexity index is 157. The topological polar surface area (TPSA) is 9.23 Å². The molecule has 1 radical (unpaired) electrons. The average molecular weight is 242 g/mol. The van der Waals surface area contributed by atoms with Gasteiger partial charge in [-0.2, -0.15) is 11.6 Å². The molecule has 12 heavy (non-hydrogen) atoms. The van der Waals surface area contributed by atoms with Crippen molar-refractivity contribution in [3.05, 3.63) is 23.8 Å². The van der Waals surface area contributed by atoms with Gasteiger partial charge in [-0.1, -0.05) is 0 Å². The van der Waals surface area contributed by atoms with Gasteiger partial charge in [0.05, 0.1) is 0 Å². The summed E-state index contributed by atoms with van der Waals surface area (Å²) in [7, 11) is 1.71. The van der Waals surface area contributed by atoms with E-state index in [0.717, 1.165) is 6.42 Å². The van der Waals surface area contributed by atoms with Crippen LogP contribution in [0.5, 0.6) is 0 Å². The molecular formula is C8H11Cl2OTi. The van der Waals surface area contributed by atoms with E-state index >= 15 is 0 Å². The normalized spacial score (nSPS) is 15.0. The Morgan fingerprint density at radius 1 is 1.50 bits per heavy atom. The van der Waals surface area contributed by atoms with Crippen LogP contribution in [0.15, 0.2) is 17.7 Å². The number of hydrogen-bond acceptors (Lipinski definition) is 1. The summed E-state index contributed by atoms with van der Waals surface area (Å²) >= 11 is 0. The van der Waals surface area contributed by atoms with Gasteiger partial charge in [0.1, 0.15) is 0 Å². The Kier molecular flexibility index (Phi) is 15.1. The summed E-state index contributed by atoms with van der Waals surface area (Å²) in [6.45, 7) is 2.03. The predicted molar refractivity (Wildman–Crippen MR) is 37.0 cm³/mol. The van der Waals surface area contributed by atoms with Crippen LogP contribution in [0.1, 0.15) is 13.3 Å². The van der Waals surface area contributed by atoms with Crippen LogP contribution in [0.25, 0.3) is 0 Å². The summed E-state index contributed by atoms with van der Waals surface area (Å²) in [6, 6.07) is 0. The Hall–Kier alpha value is 0.734. The van der Waals surface area contributed by atoms with Crippen LogP contribution >= 0.6 is 0 Å². The monoisotopic (exact) mass is 241 g/mol. The van der Waals surface area contributed by atoms with E-state index < -0.39 is 0 Å². The van der Waals surface area contributed by atoms with E-state index in [-0.39, 0.29) is 52.6 Å². The minimum absolute atomic E-state index is 0. The van der Waals surface area contributed by atoms with Gasteiger partial charge in [-0.05, 0) is 6.92 Å². The zero-order valence-corrected chi connectivity index (χ0v) is 10.2. The Morgan fingerprint density at radius 2 is 2.08 bits per heavy atom. The Morgan fingerprint density at radius 3 is 2.42 bits per heavy atom. The predicted octanol–water partition coefficient (Wildman–Crippen LogP) is -4.28. The molecule has 1 unspecified atom stereocenters. The van der Waals surface area contributed by atoms with Crippen molar-refractivity contribution in [3.8, 4) is 0 Å². The molecular weight excluding hydrogens is 231 g/mol. The van der Waals surface area contributed by atoms with Gasteiger partial charge in [-0.25, -0.2) is 6.08 Å². The Labute approximate surface area is 101 Å². The first-order chi connectivity index (χ1) is 4.34. The molecule has 1 rings (SSSR count). The third-order valence-corrected chi connectivity index (χ3v) is 1.51. The molecule has 0 spiro atoms. The second-order valence-corrected chi connectivity index (χ2v) is 2.12. The minimum Gasteiger partial charge on any atom is -1.00 e. The summed E-state index contributed by atoms with van der Waals surface area (Å²) in [5.74, 6) is 0. The molecule has 0 aromatic carbocycles. The van der Waals surface area contributed by atoms with Gasteiger partial charge in [-0.3, -0.25) is 6.08 Å². The van der Waals surface area contributed by atoms with Crippen molar-refractivity contribution in [2.45, 2.75) is 19.4 Å². The zero-order valence-electron chi connectivity index (χ0n) is 7.10. The molecule has 0 saturated carbocycles. The number of methoxy groups -OCH3 is 1. The van der Waals surface area contributed by atoms with E-state index in [4.69, 9.17) is 4.74 Å². The fourth-order valence-electron chi connectivity index (χ4n) is 0.828. The van der Waals surface area contributed by atoms with Gasteiger partial charge in [0, 0.05) is 13.2 Å². The molecule has 0 fully saturated rings. The second kappa shape index (κ2) is 9.82. The molecule has 1 aliphatic rings. The van der Waals surface area contributed by atoms with Gasteiger partial charge in [-0.15, -0.1) is 6.42 Å². The molecule has 1 atom stereocenters. The summed E-state index contributed by atoms with van der Waals surface area (Å²) in [5, 5.41) is 0. The second-order valence-electron chi connectivity index (χ2n) is 2.12. The van der Waals surface area contributed by atoms with Gasteiger partial charge in [0.2, 0.25) is 0 Å². The van der Waals surface area contributed by atoms with Crippen molar-refractivity contribution >= 4 is 0 Å². The maximum atomic E-state index is 5.08. The summed E-state index contributed by atoms with van der Waals surface area (Å²) in [4.78, 5) is 0. The molecule has 0 bridgehead atoms. The summed E-state index contributed by atoms with van der Waals surface area (Å²) in [6.07, 6.45) is 8.50. The van der Waals surface area contributed by atoms with Crippen molar-refractivity contribution in [3.63, 3.8) is 0 Å². The molecule has 0 saturated heterocycles.